The van der Waals surface area contributed by atoms with Gasteiger partial charge in [0.1, 0.15) is 6.04 Å². The minimum atomic E-state index is -1.00. The maximum Gasteiger partial charge on any atom is 0.320 e. The maximum absolute atomic E-state index is 10.6. The fraction of sp³-hybridized carbons (Fsp3) is 0.455. The van der Waals surface area contributed by atoms with Crippen molar-refractivity contribution >= 4 is 5.97 Å². The molecule has 1 rings (SSSR count). The van der Waals surface area contributed by atoms with Crippen molar-refractivity contribution in [1.82, 2.24) is 9.88 Å². The largest absolute Gasteiger partial charge is 0.480 e. The van der Waals surface area contributed by atoms with Crippen molar-refractivity contribution in [2.24, 2.45) is 5.73 Å². The van der Waals surface area contributed by atoms with Gasteiger partial charge in [-0.3, -0.25) is 9.78 Å². The Labute approximate surface area is 94.9 Å². The monoisotopic (exact) mass is 223 g/mol. The number of rotatable bonds is 5. The third-order valence-electron chi connectivity index (χ3n) is 2.09. The van der Waals surface area contributed by atoms with Gasteiger partial charge in [0.15, 0.2) is 0 Å². The van der Waals surface area contributed by atoms with Gasteiger partial charge in [0.2, 0.25) is 0 Å². The standard InChI is InChI=1S/C11H17N3O2/c1-14(2)7-9-5-3-4-8(13-9)6-10(12)11(15)16/h3-5,10H,6-7,12H2,1-2H3,(H,15,16)/t10-/m1/s1. The highest BCUT2D eigenvalue weighted by atomic mass is 16.4. The maximum atomic E-state index is 10.6. The van der Waals surface area contributed by atoms with Crippen molar-refractivity contribution in [3.8, 4) is 0 Å². The van der Waals surface area contributed by atoms with Crippen LogP contribution in [0.2, 0.25) is 0 Å². The van der Waals surface area contributed by atoms with Crippen LogP contribution in [0.1, 0.15) is 11.4 Å². The Morgan fingerprint density at radius 1 is 1.50 bits per heavy atom. The highest BCUT2D eigenvalue weighted by molar-refractivity contribution is 5.73. The molecule has 0 aliphatic heterocycles. The lowest BCUT2D eigenvalue weighted by atomic mass is 10.1. The van der Waals surface area contributed by atoms with E-state index in [0.717, 1.165) is 12.2 Å². The number of nitrogens with two attached hydrogens (primary N) is 1. The van der Waals surface area contributed by atoms with Crippen LogP contribution in [0.3, 0.4) is 0 Å². The molecule has 1 heterocycles. The topological polar surface area (TPSA) is 79.5 Å². The zero-order valence-corrected chi connectivity index (χ0v) is 9.55. The van der Waals surface area contributed by atoms with E-state index in [4.69, 9.17) is 10.8 Å². The fourth-order valence-corrected chi connectivity index (χ4v) is 1.37. The van der Waals surface area contributed by atoms with Crippen molar-refractivity contribution in [1.29, 1.82) is 0 Å². The van der Waals surface area contributed by atoms with Gasteiger partial charge in [-0.05, 0) is 26.2 Å². The molecule has 0 bridgehead atoms. The summed E-state index contributed by atoms with van der Waals surface area (Å²) in [7, 11) is 3.91. The van der Waals surface area contributed by atoms with Crippen molar-refractivity contribution in [2.75, 3.05) is 14.1 Å². The van der Waals surface area contributed by atoms with Crippen LogP contribution in [-0.2, 0) is 17.8 Å². The van der Waals surface area contributed by atoms with Crippen LogP contribution in [0.15, 0.2) is 18.2 Å². The first-order valence-corrected chi connectivity index (χ1v) is 5.07. The lowest BCUT2D eigenvalue weighted by Crippen LogP contribution is -2.32. The molecule has 0 amide bonds. The summed E-state index contributed by atoms with van der Waals surface area (Å²) in [6, 6.07) is 4.69. The summed E-state index contributed by atoms with van der Waals surface area (Å²) in [4.78, 5) is 17.0. The van der Waals surface area contributed by atoms with E-state index in [1.165, 1.54) is 0 Å². The lowest BCUT2D eigenvalue weighted by molar-refractivity contribution is -0.138. The zero-order chi connectivity index (χ0) is 12.1. The number of hydrogen-bond donors (Lipinski definition) is 2. The number of hydrogen-bond acceptors (Lipinski definition) is 4. The van der Waals surface area contributed by atoms with Crippen LogP contribution in [-0.4, -0.2) is 41.1 Å². The van der Waals surface area contributed by atoms with Crippen LogP contribution in [0, 0.1) is 0 Å². The quantitative estimate of drug-likeness (QED) is 0.740. The van der Waals surface area contributed by atoms with Gasteiger partial charge in [0, 0.05) is 18.7 Å². The zero-order valence-electron chi connectivity index (χ0n) is 9.55. The Morgan fingerprint density at radius 3 is 2.69 bits per heavy atom. The van der Waals surface area contributed by atoms with E-state index in [1.807, 2.05) is 31.1 Å². The molecule has 0 saturated heterocycles. The molecule has 88 valence electrons. The normalized spacial score (nSPS) is 12.8. The third-order valence-corrected chi connectivity index (χ3v) is 2.09. The molecule has 5 nitrogen and oxygen atoms in total. The summed E-state index contributed by atoms with van der Waals surface area (Å²) in [6.07, 6.45) is 0.261. The Kier molecular flexibility index (Phi) is 4.39. The van der Waals surface area contributed by atoms with Gasteiger partial charge in [-0.2, -0.15) is 0 Å². The molecule has 1 aromatic rings. The molecule has 0 fully saturated rings. The van der Waals surface area contributed by atoms with Crippen LogP contribution >= 0.6 is 0 Å². The van der Waals surface area contributed by atoms with Crippen LogP contribution in [0.5, 0.6) is 0 Å². The molecule has 0 unspecified atom stereocenters. The van der Waals surface area contributed by atoms with E-state index in [9.17, 15) is 4.79 Å². The Bertz CT molecular complexity index is 366. The summed E-state index contributed by atoms with van der Waals surface area (Å²) in [5.41, 5.74) is 7.08. The van der Waals surface area contributed by atoms with Crippen molar-refractivity contribution in [3.63, 3.8) is 0 Å². The molecule has 1 aromatic heterocycles. The summed E-state index contributed by atoms with van der Waals surface area (Å²) in [6.45, 7) is 0.732. The molecule has 16 heavy (non-hydrogen) atoms. The average molecular weight is 223 g/mol. The summed E-state index contributed by atoms with van der Waals surface area (Å²) in [5, 5.41) is 8.70. The third kappa shape index (κ3) is 3.96. The van der Waals surface area contributed by atoms with Gasteiger partial charge in [0.05, 0.1) is 5.69 Å². The van der Waals surface area contributed by atoms with E-state index in [1.54, 1.807) is 6.07 Å². The molecular weight excluding hydrogens is 206 g/mol. The predicted octanol–water partition coefficient (Wildman–Crippen LogP) is 0.0976. The first-order valence-electron chi connectivity index (χ1n) is 5.07. The number of aliphatic carboxylic acids is 1. The SMILES string of the molecule is CN(C)Cc1cccc(C[C@@H](N)C(=O)O)n1. The van der Waals surface area contributed by atoms with E-state index < -0.39 is 12.0 Å². The van der Waals surface area contributed by atoms with Gasteiger partial charge < -0.3 is 15.7 Å². The second kappa shape index (κ2) is 5.58. The molecule has 0 aliphatic carbocycles. The predicted molar refractivity (Wildman–Crippen MR) is 60.9 cm³/mol. The van der Waals surface area contributed by atoms with Gasteiger partial charge in [-0.25, -0.2) is 0 Å². The van der Waals surface area contributed by atoms with Gasteiger partial charge >= 0.3 is 5.97 Å². The fourth-order valence-electron chi connectivity index (χ4n) is 1.37. The molecule has 3 N–H and O–H groups in total. The Hall–Kier alpha value is -1.46. The Morgan fingerprint density at radius 2 is 2.12 bits per heavy atom. The van der Waals surface area contributed by atoms with Crippen molar-refractivity contribution < 1.29 is 9.90 Å². The first-order chi connectivity index (χ1) is 7.49. The smallest absolute Gasteiger partial charge is 0.320 e. The van der Waals surface area contributed by atoms with Crippen LogP contribution in [0.4, 0.5) is 0 Å². The van der Waals surface area contributed by atoms with Crippen LogP contribution in [0.25, 0.3) is 0 Å². The number of pyridine rings is 1. The van der Waals surface area contributed by atoms with Crippen molar-refractivity contribution in [2.45, 2.75) is 19.0 Å². The first kappa shape index (κ1) is 12.6. The van der Waals surface area contributed by atoms with Gasteiger partial charge in [-0.1, -0.05) is 6.07 Å². The second-order valence-electron chi connectivity index (χ2n) is 4.01. The highest BCUT2D eigenvalue weighted by Gasteiger charge is 2.12. The van der Waals surface area contributed by atoms with Gasteiger partial charge in [-0.15, -0.1) is 0 Å². The Balaban J connectivity index is 2.70. The molecule has 0 aromatic carbocycles. The van der Waals surface area contributed by atoms with Crippen molar-refractivity contribution in [3.05, 3.63) is 29.6 Å². The number of carboxylic acids is 1. The molecule has 0 spiro atoms. The van der Waals surface area contributed by atoms with E-state index >= 15 is 0 Å². The van der Waals surface area contributed by atoms with E-state index in [0.29, 0.717) is 5.69 Å². The number of carbonyl (C=O) groups is 1. The average Bonchev–Trinajstić information content (AvgIpc) is 2.16. The summed E-state index contributed by atoms with van der Waals surface area (Å²) >= 11 is 0. The molecule has 0 saturated carbocycles. The molecular formula is C11H17N3O2. The molecule has 5 heteroatoms. The molecule has 0 radical (unpaired) electrons. The number of carboxylic acid groups (broad SMARTS) is 1. The second-order valence-corrected chi connectivity index (χ2v) is 4.01. The summed E-state index contributed by atoms with van der Waals surface area (Å²) < 4.78 is 0. The minimum absolute atomic E-state index is 0.261. The molecule has 1 atom stereocenters. The van der Waals surface area contributed by atoms with E-state index in [2.05, 4.69) is 4.98 Å². The lowest BCUT2D eigenvalue weighted by Gasteiger charge is -2.11. The highest BCUT2D eigenvalue weighted by Crippen LogP contribution is 2.04. The number of aromatic nitrogens is 1. The van der Waals surface area contributed by atoms with E-state index in [-0.39, 0.29) is 6.42 Å². The minimum Gasteiger partial charge on any atom is -0.480 e. The van der Waals surface area contributed by atoms with Crippen LogP contribution < -0.4 is 5.73 Å². The molecule has 0 aliphatic rings. The number of nitrogens with zero attached hydrogens (tertiary/aromatic N) is 2. The van der Waals surface area contributed by atoms with Gasteiger partial charge in [0.25, 0.3) is 0 Å². The summed E-state index contributed by atoms with van der Waals surface area (Å²) in [5.74, 6) is -1.00.